The van der Waals surface area contributed by atoms with E-state index in [9.17, 15) is 8.42 Å². The molecule has 0 aliphatic heterocycles. The van der Waals surface area contributed by atoms with Gasteiger partial charge in [-0.1, -0.05) is 41.4 Å². The van der Waals surface area contributed by atoms with E-state index in [-0.39, 0.29) is 9.24 Å². The first-order valence-corrected chi connectivity index (χ1v) is 9.97. The van der Waals surface area contributed by atoms with Crippen LogP contribution in [0.3, 0.4) is 0 Å². The van der Waals surface area contributed by atoms with Gasteiger partial charge in [-0.15, -0.1) is 0 Å². The molecule has 1 heterocycles. The lowest BCUT2D eigenvalue weighted by atomic mass is 10.1. The van der Waals surface area contributed by atoms with Crippen molar-refractivity contribution in [3.05, 3.63) is 70.5 Å². The molecule has 0 fully saturated rings. The summed E-state index contributed by atoms with van der Waals surface area (Å²) in [7, 11) is -3.60. The molecule has 0 amide bonds. The van der Waals surface area contributed by atoms with Gasteiger partial charge >= 0.3 is 0 Å². The Hall–Kier alpha value is -1.76. The number of sulfone groups is 1. The molecule has 0 unspecified atom stereocenters. The molecule has 7 heteroatoms. The van der Waals surface area contributed by atoms with E-state index >= 15 is 0 Å². The molecule has 0 spiro atoms. The molecule has 124 valence electrons. The zero-order valence-electron chi connectivity index (χ0n) is 12.9. The standard InChI is InChI=1S/C17H15ClN2O2S2/c1-12-2-9-15(10-3-12)24(21,22)17-19-16(20-23-17)11-6-13-4-7-14(18)8-5-13/h2-5,7-10H,6,11H2,1H3. The van der Waals surface area contributed by atoms with Crippen LogP contribution in [0.15, 0.2) is 57.8 Å². The van der Waals surface area contributed by atoms with E-state index in [1.54, 1.807) is 24.3 Å². The quantitative estimate of drug-likeness (QED) is 0.670. The minimum Gasteiger partial charge on any atom is -0.216 e. The van der Waals surface area contributed by atoms with Crippen molar-refractivity contribution in [2.75, 3.05) is 0 Å². The lowest BCUT2D eigenvalue weighted by Crippen LogP contribution is -2.02. The van der Waals surface area contributed by atoms with Crippen molar-refractivity contribution in [2.24, 2.45) is 0 Å². The summed E-state index contributed by atoms with van der Waals surface area (Å²) in [5.74, 6) is 0.542. The molecule has 0 N–H and O–H groups in total. The average molecular weight is 379 g/mol. The highest BCUT2D eigenvalue weighted by Crippen LogP contribution is 2.23. The van der Waals surface area contributed by atoms with E-state index in [0.29, 0.717) is 17.3 Å². The smallest absolute Gasteiger partial charge is 0.216 e. The second-order valence-corrected chi connectivity index (χ2v) is 8.73. The lowest BCUT2D eigenvalue weighted by molar-refractivity contribution is 0.594. The third-order valence-electron chi connectivity index (χ3n) is 3.56. The third-order valence-corrected chi connectivity index (χ3v) is 6.69. The Bertz CT molecular complexity index is 933. The van der Waals surface area contributed by atoms with Crippen LogP contribution in [0.1, 0.15) is 17.0 Å². The van der Waals surface area contributed by atoms with E-state index in [4.69, 9.17) is 11.6 Å². The summed E-state index contributed by atoms with van der Waals surface area (Å²) in [6.45, 7) is 1.91. The summed E-state index contributed by atoms with van der Waals surface area (Å²) < 4.78 is 29.3. The van der Waals surface area contributed by atoms with Gasteiger partial charge < -0.3 is 0 Å². The van der Waals surface area contributed by atoms with E-state index in [0.717, 1.165) is 29.1 Å². The highest BCUT2D eigenvalue weighted by Gasteiger charge is 2.22. The van der Waals surface area contributed by atoms with Crippen molar-refractivity contribution in [3.8, 4) is 0 Å². The summed E-state index contributed by atoms with van der Waals surface area (Å²) in [6.07, 6.45) is 1.32. The normalized spacial score (nSPS) is 11.6. The fraction of sp³-hybridized carbons (Fsp3) is 0.176. The van der Waals surface area contributed by atoms with Crippen molar-refractivity contribution < 1.29 is 8.42 Å². The minimum absolute atomic E-state index is 0.0393. The molecule has 1 aromatic heterocycles. The first-order chi connectivity index (χ1) is 11.4. The number of hydrogen-bond acceptors (Lipinski definition) is 5. The van der Waals surface area contributed by atoms with Crippen LogP contribution < -0.4 is 0 Å². The van der Waals surface area contributed by atoms with Gasteiger partial charge in [0.2, 0.25) is 14.2 Å². The molecule has 2 aromatic carbocycles. The minimum atomic E-state index is -3.60. The predicted molar refractivity (Wildman–Crippen MR) is 95.4 cm³/mol. The Morgan fingerprint density at radius 1 is 1.00 bits per heavy atom. The monoisotopic (exact) mass is 378 g/mol. The number of rotatable bonds is 5. The highest BCUT2D eigenvalue weighted by molar-refractivity contribution is 7.93. The molecule has 0 saturated heterocycles. The zero-order valence-corrected chi connectivity index (χ0v) is 15.3. The maximum absolute atomic E-state index is 12.6. The van der Waals surface area contributed by atoms with Crippen molar-refractivity contribution >= 4 is 33.0 Å². The first kappa shape index (κ1) is 17.1. The van der Waals surface area contributed by atoms with Gasteiger partial charge in [-0.2, -0.15) is 4.37 Å². The third kappa shape index (κ3) is 3.83. The van der Waals surface area contributed by atoms with Gasteiger partial charge in [0, 0.05) is 11.4 Å². The Balaban J connectivity index is 1.75. The van der Waals surface area contributed by atoms with Crippen molar-refractivity contribution in [1.29, 1.82) is 0 Å². The van der Waals surface area contributed by atoms with E-state index in [2.05, 4.69) is 9.36 Å². The van der Waals surface area contributed by atoms with E-state index in [1.165, 1.54) is 0 Å². The molecule has 0 radical (unpaired) electrons. The maximum Gasteiger partial charge on any atom is 0.235 e. The molecule has 3 rings (SSSR count). The van der Waals surface area contributed by atoms with Gasteiger partial charge in [0.25, 0.3) is 0 Å². The zero-order chi connectivity index (χ0) is 17.2. The van der Waals surface area contributed by atoms with Gasteiger partial charge in [0.15, 0.2) is 0 Å². The summed E-state index contributed by atoms with van der Waals surface area (Å²) in [5, 5.41) is 0.692. The number of aryl methyl sites for hydroxylation is 3. The summed E-state index contributed by atoms with van der Waals surface area (Å²) in [6, 6.07) is 14.3. The molecule has 0 bridgehead atoms. The molecule has 3 aromatic rings. The average Bonchev–Trinajstić information content (AvgIpc) is 3.04. The summed E-state index contributed by atoms with van der Waals surface area (Å²) >= 11 is 6.78. The van der Waals surface area contributed by atoms with Crippen LogP contribution in [-0.2, 0) is 22.7 Å². The SMILES string of the molecule is Cc1ccc(S(=O)(=O)c2nc(CCc3ccc(Cl)cc3)ns2)cc1. The molecule has 0 saturated carbocycles. The Morgan fingerprint density at radius 2 is 1.67 bits per heavy atom. The van der Waals surface area contributed by atoms with Crippen LogP contribution in [0, 0.1) is 6.92 Å². The van der Waals surface area contributed by atoms with Gasteiger partial charge in [-0.05, 0) is 54.7 Å². The number of aromatic nitrogens is 2. The van der Waals surface area contributed by atoms with Gasteiger partial charge in [0.05, 0.1) is 4.90 Å². The molecule has 4 nitrogen and oxygen atoms in total. The van der Waals surface area contributed by atoms with Crippen LogP contribution in [0.2, 0.25) is 5.02 Å². The fourth-order valence-electron chi connectivity index (χ4n) is 2.17. The van der Waals surface area contributed by atoms with E-state index in [1.807, 2.05) is 31.2 Å². The number of benzene rings is 2. The van der Waals surface area contributed by atoms with Gasteiger partial charge in [-0.25, -0.2) is 13.4 Å². The fourth-order valence-corrected chi connectivity index (χ4v) is 4.48. The van der Waals surface area contributed by atoms with Crippen LogP contribution in [0.4, 0.5) is 0 Å². The number of nitrogens with zero attached hydrogens (tertiary/aromatic N) is 2. The number of halogens is 1. The Kier molecular flexibility index (Phi) is 4.99. The second-order valence-electron chi connectivity index (χ2n) is 5.42. The van der Waals surface area contributed by atoms with Gasteiger partial charge in [0.1, 0.15) is 5.82 Å². The Labute approximate surface area is 150 Å². The van der Waals surface area contributed by atoms with E-state index < -0.39 is 9.84 Å². The van der Waals surface area contributed by atoms with Crippen LogP contribution >= 0.6 is 23.1 Å². The highest BCUT2D eigenvalue weighted by atomic mass is 35.5. The van der Waals surface area contributed by atoms with Gasteiger partial charge in [-0.3, -0.25) is 0 Å². The number of hydrogen-bond donors (Lipinski definition) is 0. The lowest BCUT2D eigenvalue weighted by Gasteiger charge is -2.01. The predicted octanol–water partition coefficient (Wildman–Crippen LogP) is 4.12. The van der Waals surface area contributed by atoms with Crippen LogP contribution in [-0.4, -0.2) is 17.8 Å². The molecule has 24 heavy (non-hydrogen) atoms. The topological polar surface area (TPSA) is 59.9 Å². The molecular formula is C17H15ClN2O2S2. The summed E-state index contributed by atoms with van der Waals surface area (Å²) in [5.41, 5.74) is 2.12. The first-order valence-electron chi connectivity index (χ1n) is 7.34. The Morgan fingerprint density at radius 3 is 2.33 bits per heavy atom. The molecule has 0 aliphatic rings. The second kappa shape index (κ2) is 7.01. The molecular weight excluding hydrogens is 364 g/mol. The molecule has 0 aliphatic carbocycles. The van der Waals surface area contributed by atoms with Crippen LogP contribution in [0.25, 0.3) is 0 Å². The molecule has 0 atom stereocenters. The van der Waals surface area contributed by atoms with Crippen molar-refractivity contribution in [2.45, 2.75) is 29.0 Å². The van der Waals surface area contributed by atoms with Crippen LogP contribution in [0.5, 0.6) is 0 Å². The summed E-state index contributed by atoms with van der Waals surface area (Å²) in [4.78, 5) is 4.45. The largest absolute Gasteiger partial charge is 0.235 e. The van der Waals surface area contributed by atoms with Crippen molar-refractivity contribution in [1.82, 2.24) is 9.36 Å². The maximum atomic E-state index is 12.6. The van der Waals surface area contributed by atoms with Crippen molar-refractivity contribution in [3.63, 3.8) is 0 Å².